The van der Waals surface area contributed by atoms with Crippen molar-refractivity contribution >= 4 is 6.09 Å². The predicted octanol–water partition coefficient (Wildman–Crippen LogP) is -0.727. The number of nitrogens with two attached hydrogens (primary N) is 1. The Bertz CT molecular complexity index is 243. The summed E-state index contributed by atoms with van der Waals surface area (Å²) in [4.78, 5) is 10.2. The van der Waals surface area contributed by atoms with Crippen molar-refractivity contribution in [3.8, 4) is 5.88 Å². The van der Waals surface area contributed by atoms with Crippen molar-refractivity contribution in [2.45, 2.75) is 0 Å². The van der Waals surface area contributed by atoms with Crippen molar-refractivity contribution in [2.24, 2.45) is 12.8 Å². The number of aryl methyl sites for hydroxylation is 1. The highest BCUT2D eigenvalue weighted by Crippen LogP contribution is 2.02. The van der Waals surface area contributed by atoms with Crippen LogP contribution >= 0.6 is 0 Å². The molecule has 6 nitrogen and oxygen atoms in total. The van der Waals surface area contributed by atoms with E-state index in [4.69, 9.17) is 5.73 Å². The first kappa shape index (κ1) is 6.53. The van der Waals surface area contributed by atoms with Crippen LogP contribution in [0.3, 0.4) is 0 Å². The number of rotatable bonds is 1. The van der Waals surface area contributed by atoms with Gasteiger partial charge in [-0.05, 0) is 0 Å². The summed E-state index contributed by atoms with van der Waals surface area (Å²) in [6.45, 7) is 0. The minimum Gasteiger partial charge on any atom is -0.390 e. The van der Waals surface area contributed by atoms with Crippen LogP contribution in [0.4, 0.5) is 4.79 Å². The number of nitrogens with zero attached hydrogens (tertiary/aromatic N) is 3. The lowest BCUT2D eigenvalue weighted by molar-refractivity contribution is 0.206. The second-order valence-corrected chi connectivity index (χ2v) is 1.62. The number of hydrogen-bond acceptors (Lipinski definition) is 4. The van der Waals surface area contributed by atoms with Crippen LogP contribution in [0.25, 0.3) is 0 Å². The number of carbonyl (C=O) groups excluding carboxylic acids is 1. The number of carbonyl (C=O) groups is 1. The number of amides is 1. The summed E-state index contributed by atoms with van der Waals surface area (Å²) < 4.78 is 5.76. The molecule has 54 valence electrons. The standard InChI is InChI=1S/C4H6N4O2/c1-8-3(2-6-7-8)10-4(5)9/h2H,1H3,(H2,5,9). The van der Waals surface area contributed by atoms with E-state index in [2.05, 4.69) is 15.0 Å². The van der Waals surface area contributed by atoms with Crippen LogP contribution in [0, 0.1) is 0 Å². The Morgan fingerprint density at radius 1 is 1.90 bits per heavy atom. The van der Waals surface area contributed by atoms with Gasteiger partial charge < -0.3 is 10.5 Å². The maximum atomic E-state index is 10.2. The van der Waals surface area contributed by atoms with E-state index < -0.39 is 6.09 Å². The first-order chi connectivity index (χ1) is 4.70. The maximum Gasteiger partial charge on any atom is 0.411 e. The minimum absolute atomic E-state index is 0.229. The molecule has 2 N–H and O–H groups in total. The van der Waals surface area contributed by atoms with E-state index in [1.54, 1.807) is 7.05 Å². The normalized spacial score (nSPS) is 9.30. The highest BCUT2D eigenvalue weighted by Gasteiger charge is 2.02. The number of ether oxygens (including phenoxy) is 1. The van der Waals surface area contributed by atoms with Crippen molar-refractivity contribution in [1.29, 1.82) is 0 Å². The summed E-state index contributed by atoms with van der Waals surface area (Å²) >= 11 is 0. The fourth-order valence-electron chi connectivity index (χ4n) is 0.476. The zero-order chi connectivity index (χ0) is 7.56. The van der Waals surface area contributed by atoms with Gasteiger partial charge in [-0.1, -0.05) is 5.21 Å². The quantitative estimate of drug-likeness (QED) is 0.560. The zero-order valence-corrected chi connectivity index (χ0v) is 5.31. The van der Waals surface area contributed by atoms with E-state index in [0.717, 1.165) is 0 Å². The van der Waals surface area contributed by atoms with E-state index in [1.165, 1.54) is 10.9 Å². The number of primary amides is 1. The van der Waals surface area contributed by atoms with Crippen molar-refractivity contribution in [3.05, 3.63) is 6.20 Å². The smallest absolute Gasteiger partial charge is 0.390 e. The van der Waals surface area contributed by atoms with Gasteiger partial charge >= 0.3 is 6.09 Å². The fraction of sp³-hybridized carbons (Fsp3) is 0.250. The van der Waals surface area contributed by atoms with Crippen molar-refractivity contribution in [3.63, 3.8) is 0 Å². The Morgan fingerprint density at radius 2 is 2.60 bits per heavy atom. The number of aromatic nitrogens is 3. The summed E-state index contributed by atoms with van der Waals surface area (Å²) in [6.07, 6.45) is 0.426. The van der Waals surface area contributed by atoms with Crippen LogP contribution in [0.1, 0.15) is 0 Å². The highest BCUT2D eigenvalue weighted by molar-refractivity contribution is 5.67. The predicted molar refractivity (Wildman–Crippen MR) is 31.2 cm³/mol. The zero-order valence-electron chi connectivity index (χ0n) is 5.31. The first-order valence-electron chi connectivity index (χ1n) is 2.52. The lowest BCUT2D eigenvalue weighted by Gasteiger charge is -1.96. The molecule has 1 rings (SSSR count). The molecule has 1 aromatic rings. The van der Waals surface area contributed by atoms with E-state index in [9.17, 15) is 4.79 Å². The van der Waals surface area contributed by atoms with Gasteiger partial charge in [0.15, 0.2) is 0 Å². The molecule has 0 spiro atoms. The molecule has 0 aliphatic rings. The molecule has 10 heavy (non-hydrogen) atoms. The first-order valence-corrected chi connectivity index (χ1v) is 2.52. The Kier molecular flexibility index (Phi) is 1.53. The van der Waals surface area contributed by atoms with Crippen LogP contribution < -0.4 is 10.5 Å². The molecule has 1 heterocycles. The van der Waals surface area contributed by atoms with Crippen molar-refractivity contribution in [2.75, 3.05) is 0 Å². The topological polar surface area (TPSA) is 83.0 Å². The molecule has 1 aromatic heterocycles. The molecule has 0 radical (unpaired) electrons. The molecule has 0 aromatic carbocycles. The van der Waals surface area contributed by atoms with E-state index in [0.29, 0.717) is 0 Å². The minimum atomic E-state index is -0.870. The fourth-order valence-corrected chi connectivity index (χ4v) is 0.476. The van der Waals surface area contributed by atoms with Crippen LogP contribution in [-0.4, -0.2) is 21.1 Å². The number of hydrogen-bond donors (Lipinski definition) is 1. The summed E-state index contributed by atoms with van der Waals surface area (Å²) in [7, 11) is 1.59. The van der Waals surface area contributed by atoms with Crippen LogP contribution in [0.2, 0.25) is 0 Å². The monoisotopic (exact) mass is 142 g/mol. The molecule has 0 fully saturated rings. The second-order valence-electron chi connectivity index (χ2n) is 1.62. The summed E-state index contributed by atoms with van der Waals surface area (Å²) in [6, 6.07) is 0. The molecule has 0 bridgehead atoms. The Balaban J connectivity index is 2.74. The second kappa shape index (κ2) is 2.34. The Labute approximate surface area is 56.6 Å². The molecular formula is C4H6N4O2. The van der Waals surface area contributed by atoms with E-state index >= 15 is 0 Å². The van der Waals surface area contributed by atoms with Gasteiger partial charge in [-0.25, -0.2) is 9.48 Å². The molecule has 0 aliphatic heterocycles. The van der Waals surface area contributed by atoms with Crippen molar-refractivity contribution in [1.82, 2.24) is 15.0 Å². The average Bonchev–Trinajstić information content (AvgIpc) is 2.15. The molecule has 0 saturated carbocycles. The third-order valence-corrected chi connectivity index (χ3v) is 0.878. The summed E-state index contributed by atoms with van der Waals surface area (Å²) in [5, 5.41) is 6.96. The van der Waals surface area contributed by atoms with Crippen LogP contribution in [0.5, 0.6) is 5.88 Å². The van der Waals surface area contributed by atoms with Crippen LogP contribution in [-0.2, 0) is 7.05 Å². The Hall–Kier alpha value is -1.59. The third-order valence-electron chi connectivity index (χ3n) is 0.878. The molecular weight excluding hydrogens is 136 g/mol. The van der Waals surface area contributed by atoms with E-state index in [1.807, 2.05) is 0 Å². The Morgan fingerprint density at radius 3 is 3.00 bits per heavy atom. The summed E-state index contributed by atoms with van der Waals surface area (Å²) in [5.41, 5.74) is 4.72. The molecule has 0 atom stereocenters. The largest absolute Gasteiger partial charge is 0.411 e. The maximum absolute atomic E-state index is 10.2. The molecule has 0 aliphatic carbocycles. The summed E-state index contributed by atoms with van der Waals surface area (Å²) in [5.74, 6) is 0.229. The molecule has 6 heteroatoms. The van der Waals surface area contributed by atoms with Gasteiger partial charge in [-0.3, -0.25) is 0 Å². The molecule has 0 unspecified atom stereocenters. The van der Waals surface area contributed by atoms with Crippen LogP contribution in [0.15, 0.2) is 6.20 Å². The van der Waals surface area contributed by atoms with Gasteiger partial charge in [0.25, 0.3) is 0 Å². The average molecular weight is 142 g/mol. The third kappa shape index (κ3) is 1.22. The van der Waals surface area contributed by atoms with Gasteiger partial charge in [0, 0.05) is 7.05 Å². The highest BCUT2D eigenvalue weighted by atomic mass is 16.6. The van der Waals surface area contributed by atoms with Gasteiger partial charge in [0.2, 0.25) is 5.88 Å². The molecule has 1 amide bonds. The SMILES string of the molecule is Cn1nncc1OC(N)=O. The van der Waals surface area contributed by atoms with Gasteiger partial charge in [-0.15, -0.1) is 5.10 Å². The van der Waals surface area contributed by atoms with Gasteiger partial charge in [0.1, 0.15) is 6.20 Å². The van der Waals surface area contributed by atoms with E-state index in [-0.39, 0.29) is 5.88 Å². The lowest BCUT2D eigenvalue weighted by Crippen LogP contribution is -2.17. The molecule has 0 saturated heterocycles. The lowest BCUT2D eigenvalue weighted by atomic mass is 10.8. The van der Waals surface area contributed by atoms with Crippen molar-refractivity contribution < 1.29 is 9.53 Å². The van der Waals surface area contributed by atoms with Gasteiger partial charge in [-0.2, -0.15) is 0 Å². The van der Waals surface area contributed by atoms with Gasteiger partial charge in [0.05, 0.1) is 0 Å².